The zero-order chi connectivity index (χ0) is 18.0. The summed E-state index contributed by atoms with van der Waals surface area (Å²) in [7, 11) is -3.17. The van der Waals surface area contributed by atoms with E-state index in [0.29, 0.717) is 61.4 Å². The highest BCUT2D eigenvalue weighted by Gasteiger charge is 2.25. The van der Waals surface area contributed by atoms with Crippen LogP contribution in [0.5, 0.6) is 0 Å². The van der Waals surface area contributed by atoms with Gasteiger partial charge in [-0.2, -0.15) is 9.41 Å². The summed E-state index contributed by atoms with van der Waals surface area (Å²) in [6.07, 6.45) is 3.00. The largest absolute Gasteiger partial charge is 0.383 e. The van der Waals surface area contributed by atoms with Crippen LogP contribution in [0.4, 0.5) is 10.1 Å². The van der Waals surface area contributed by atoms with Crippen molar-refractivity contribution >= 4 is 38.8 Å². The van der Waals surface area contributed by atoms with Gasteiger partial charge in [-0.15, -0.1) is 0 Å². The first-order valence-corrected chi connectivity index (χ1v) is 10.1. The number of nitrogens with zero attached hydrogens (tertiary/aromatic N) is 4. The molecule has 8 nitrogen and oxygen atoms in total. The van der Waals surface area contributed by atoms with Crippen molar-refractivity contribution < 1.29 is 12.8 Å². The van der Waals surface area contributed by atoms with Crippen LogP contribution in [0.2, 0.25) is 0 Å². The number of rotatable bonds is 2. The third-order valence-electron chi connectivity index (χ3n) is 4.09. The minimum atomic E-state index is -3.17. The second kappa shape index (κ2) is 7.18. The molecule has 0 bridgehead atoms. The maximum Gasteiger partial charge on any atom is 0.211 e. The highest BCUT2D eigenvalue weighted by molar-refractivity contribution is 7.88. The Morgan fingerprint density at radius 2 is 2.12 bits per heavy atom. The lowest BCUT2D eigenvalue weighted by Crippen LogP contribution is -2.52. The van der Waals surface area contributed by atoms with Crippen LogP contribution in [-0.4, -0.2) is 72.4 Å². The van der Waals surface area contributed by atoms with Crippen molar-refractivity contribution in [3.63, 3.8) is 0 Å². The van der Waals surface area contributed by atoms with Crippen molar-refractivity contribution in [1.29, 1.82) is 0 Å². The van der Waals surface area contributed by atoms with Gasteiger partial charge >= 0.3 is 0 Å². The van der Waals surface area contributed by atoms with Gasteiger partial charge in [-0.05, 0) is 12.2 Å². The second-order valence-corrected chi connectivity index (χ2v) is 8.22. The Morgan fingerprint density at radius 1 is 1.40 bits per heavy atom. The number of aromatic nitrogens is 1. The van der Waals surface area contributed by atoms with Crippen LogP contribution in [0.1, 0.15) is 12.1 Å². The number of hydrogen-bond donors (Lipinski definition) is 2. The van der Waals surface area contributed by atoms with Crippen LogP contribution in [0, 0.1) is 5.82 Å². The van der Waals surface area contributed by atoms with Gasteiger partial charge in [0.2, 0.25) is 10.0 Å². The molecule has 0 amide bonds. The Morgan fingerprint density at radius 3 is 2.80 bits per heavy atom. The molecular weight excluding hydrogens is 367 g/mol. The van der Waals surface area contributed by atoms with Crippen LogP contribution < -0.4 is 10.7 Å². The molecule has 3 rings (SSSR count). The Labute approximate surface area is 151 Å². The Hall–Kier alpha value is -1.85. The van der Waals surface area contributed by atoms with Gasteiger partial charge in [0.05, 0.1) is 23.9 Å². The lowest BCUT2D eigenvalue weighted by Gasteiger charge is -2.34. The van der Waals surface area contributed by atoms with Crippen molar-refractivity contribution in [1.82, 2.24) is 19.6 Å². The van der Waals surface area contributed by atoms with Crippen LogP contribution in [0.15, 0.2) is 17.4 Å². The van der Waals surface area contributed by atoms with E-state index < -0.39 is 15.8 Å². The van der Waals surface area contributed by atoms with Gasteiger partial charge in [0.1, 0.15) is 11.5 Å². The van der Waals surface area contributed by atoms with E-state index in [1.54, 1.807) is 0 Å². The third-order valence-corrected chi connectivity index (χ3v) is 5.74. The molecule has 1 fully saturated rings. The number of anilines is 1. The summed E-state index contributed by atoms with van der Waals surface area (Å²) in [6, 6.07) is 1.39. The number of thiocarbonyl (C=S) groups is 1. The van der Waals surface area contributed by atoms with E-state index in [1.807, 2.05) is 4.90 Å². The van der Waals surface area contributed by atoms with Crippen LogP contribution in [0.25, 0.3) is 0 Å². The van der Waals surface area contributed by atoms with Crippen LogP contribution in [0.3, 0.4) is 0 Å². The molecule has 136 valence electrons. The minimum absolute atomic E-state index is 0.394. The number of hydrogen-bond acceptors (Lipinski definition) is 6. The number of piperazine rings is 1. The third kappa shape index (κ3) is 4.22. The van der Waals surface area contributed by atoms with Gasteiger partial charge in [0.25, 0.3) is 0 Å². The molecule has 0 atom stereocenters. The van der Waals surface area contributed by atoms with Crippen LogP contribution >= 0.6 is 12.2 Å². The van der Waals surface area contributed by atoms with Gasteiger partial charge < -0.3 is 10.2 Å². The maximum absolute atomic E-state index is 13.3. The smallest absolute Gasteiger partial charge is 0.211 e. The summed E-state index contributed by atoms with van der Waals surface area (Å²) < 4.78 is 37.8. The summed E-state index contributed by atoms with van der Waals surface area (Å²) >= 11 is 5.34. The fourth-order valence-corrected chi connectivity index (χ4v) is 3.81. The van der Waals surface area contributed by atoms with E-state index in [4.69, 9.17) is 12.2 Å². The molecule has 1 saturated heterocycles. The van der Waals surface area contributed by atoms with E-state index >= 15 is 0 Å². The molecule has 2 aliphatic rings. The van der Waals surface area contributed by atoms with Crippen molar-refractivity contribution in [2.24, 2.45) is 5.10 Å². The molecule has 1 aromatic heterocycles. The Balaban J connectivity index is 1.63. The molecule has 0 spiro atoms. The van der Waals surface area contributed by atoms with Gasteiger partial charge in [-0.1, -0.05) is 0 Å². The number of fused-ring (bicyclic) bond motifs is 1. The fraction of sp³-hybridized carbons (Fsp3) is 0.500. The maximum atomic E-state index is 13.3. The SMILES string of the molecule is CS(=O)(=O)N1CCN(C(=S)N/N=C2/CCNc3cc(F)cnc32)CC1. The summed E-state index contributed by atoms with van der Waals surface area (Å²) in [5.41, 5.74) is 4.76. The molecule has 0 aromatic carbocycles. The van der Waals surface area contributed by atoms with Crippen molar-refractivity contribution in [3.8, 4) is 0 Å². The van der Waals surface area contributed by atoms with Crippen molar-refractivity contribution in [2.75, 3.05) is 44.3 Å². The molecule has 0 aliphatic carbocycles. The number of sulfonamides is 1. The first-order chi connectivity index (χ1) is 11.8. The second-order valence-electron chi connectivity index (χ2n) is 5.85. The first-order valence-electron chi connectivity index (χ1n) is 7.81. The van der Waals surface area contributed by atoms with Crippen LogP contribution in [-0.2, 0) is 10.0 Å². The van der Waals surface area contributed by atoms with Crippen molar-refractivity contribution in [3.05, 3.63) is 23.8 Å². The van der Waals surface area contributed by atoms with E-state index in [0.717, 1.165) is 6.20 Å². The molecule has 0 unspecified atom stereocenters. The highest BCUT2D eigenvalue weighted by Crippen LogP contribution is 2.20. The fourth-order valence-electron chi connectivity index (χ4n) is 2.76. The van der Waals surface area contributed by atoms with E-state index in [-0.39, 0.29) is 0 Å². The lowest BCUT2D eigenvalue weighted by molar-refractivity contribution is 0.265. The molecular formula is C14H19FN6O2S2. The molecule has 2 N–H and O–H groups in total. The molecule has 3 heterocycles. The van der Waals surface area contributed by atoms with E-state index in [2.05, 4.69) is 20.8 Å². The zero-order valence-corrected chi connectivity index (χ0v) is 15.3. The summed E-state index contributed by atoms with van der Waals surface area (Å²) in [4.78, 5) is 5.97. The number of halogens is 1. The van der Waals surface area contributed by atoms with Gasteiger partial charge in [-0.3, -0.25) is 5.43 Å². The summed E-state index contributed by atoms with van der Waals surface area (Å²) in [6.45, 7) is 2.44. The van der Waals surface area contributed by atoms with Gasteiger partial charge in [-0.25, -0.2) is 17.8 Å². The molecule has 1 aromatic rings. The first kappa shape index (κ1) is 18.0. The molecule has 0 radical (unpaired) electrons. The predicted molar refractivity (Wildman–Crippen MR) is 97.6 cm³/mol. The highest BCUT2D eigenvalue weighted by atomic mass is 32.2. The molecule has 25 heavy (non-hydrogen) atoms. The number of pyridine rings is 1. The molecule has 2 aliphatic heterocycles. The zero-order valence-electron chi connectivity index (χ0n) is 13.7. The normalized spacial score (nSPS) is 20.1. The van der Waals surface area contributed by atoms with E-state index in [1.165, 1.54) is 16.6 Å². The topological polar surface area (TPSA) is 89.9 Å². The number of nitrogens with one attached hydrogen (secondary N) is 2. The standard InChI is InChI=1S/C14H19FN6O2S2/c1-25(22,23)21-6-4-20(5-7-21)14(24)19-18-11-2-3-16-12-8-10(15)9-17-13(11)12/h8-9,16H,2-7H2,1H3,(H,19,24)/b18-11-. The minimum Gasteiger partial charge on any atom is -0.383 e. The van der Waals surface area contributed by atoms with E-state index in [9.17, 15) is 12.8 Å². The Kier molecular flexibility index (Phi) is 5.16. The summed E-state index contributed by atoms with van der Waals surface area (Å²) in [5, 5.41) is 7.84. The monoisotopic (exact) mass is 386 g/mol. The average Bonchev–Trinajstić information content (AvgIpc) is 2.58. The average molecular weight is 386 g/mol. The quantitative estimate of drug-likeness (QED) is 0.554. The van der Waals surface area contributed by atoms with Crippen molar-refractivity contribution in [2.45, 2.75) is 6.42 Å². The van der Waals surface area contributed by atoms with Gasteiger partial charge in [0.15, 0.2) is 5.11 Å². The number of hydrazone groups is 1. The predicted octanol–water partition coefficient (Wildman–Crippen LogP) is 0.192. The summed E-state index contributed by atoms with van der Waals surface area (Å²) in [5.74, 6) is -0.403. The lowest BCUT2D eigenvalue weighted by atomic mass is 10.1. The molecule has 11 heteroatoms. The Bertz CT molecular complexity index is 806. The van der Waals surface area contributed by atoms with Gasteiger partial charge in [0, 0.05) is 45.2 Å². The molecule has 0 saturated carbocycles.